The van der Waals surface area contributed by atoms with Crippen LogP contribution in [-0.4, -0.2) is 28.7 Å². The van der Waals surface area contributed by atoms with Gasteiger partial charge in [-0.25, -0.2) is 13.1 Å². The van der Waals surface area contributed by atoms with Gasteiger partial charge in [-0.2, -0.15) is 0 Å². The molecule has 0 saturated heterocycles. The zero-order valence-corrected chi connectivity index (χ0v) is 15.5. The van der Waals surface area contributed by atoms with Crippen LogP contribution in [0.25, 0.3) is 0 Å². The minimum Gasteiger partial charge on any atom is -0.493 e. The lowest BCUT2D eigenvalue weighted by molar-refractivity contribution is 0.332. The summed E-state index contributed by atoms with van der Waals surface area (Å²) < 4.78 is 38.9. The molecule has 0 atom stereocenters. The second kappa shape index (κ2) is 7.19. The monoisotopic (exact) mass is 391 g/mol. The predicted octanol–water partition coefficient (Wildman–Crippen LogP) is 3.32. The molecule has 1 fully saturated rings. The fourth-order valence-corrected chi connectivity index (χ4v) is 5.04. The molecular weight excluding hydrogens is 370 g/mol. The lowest BCUT2D eigenvalue weighted by Crippen LogP contribution is -2.37. The van der Waals surface area contributed by atoms with Crippen molar-refractivity contribution in [1.29, 1.82) is 0 Å². The van der Waals surface area contributed by atoms with Gasteiger partial charge in [0.15, 0.2) is 11.5 Å². The SMILES string of the molecule is COc1cc(Br)c(S(=O)(=O)NC2CCC(C)CC2)cc1OC. The lowest BCUT2D eigenvalue weighted by atomic mass is 9.88. The number of halogens is 1. The minimum atomic E-state index is -3.60. The molecule has 0 aromatic heterocycles. The number of methoxy groups -OCH3 is 2. The molecule has 0 aliphatic heterocycles. The topological polar surface area (TPSA) is 64.6 Å². The van der Waals surface area contributed by atoms with Crippen molar-refractivity contribution >= 4 is 26.0 Å². The highest BCUT2D eigenvalue weighted by molar-refractivity contribution is 9.10. The first-order valence-electron chi connectivity index (χ1n) is 7.31. The van der Waals surface area contributed by atoms with Gasteiger partial charge >= 0.3 is 0 Å². The van der Waals surface area contributed by atoms with Gasteiger partial charge in [0.25, 0.3) is 0 Å². The van der Waals surface area contributed by atoms with Gasteiger partial charge in [0, 0.05) is 16.6 Å². The summed E-state index contributed by atoms with van der Waals surface area (Å²) in [5.74, 6) is 1.55. The molecule has 0 spiro atoms. The summed E-state index contributed by atoms with van der Waals surface area (Å²) in [6.45, 7) is 2.20. The first-order valence-corrected chi connectivity index (χ1v) is 9.59. The van der Waals surface area contributed by atoms with Gasteiger partial charge in [0.1, 0.15) is 4.90 Å². The van der Waals surface area contributed by atoms with E-state index in [0.29, 0.717) is 21.9 Å². The zero-order valence-electron chi connectivity index (χ0n) is 13.1. The Bertz CT molecular complexity index is 625. The second-order valence-corrected chi connectivity index (χ2v) is 8.25. The van der Waals surface area contributed by atoms with Crippen molar-refractivity contribution < 1.29 is 17.9 Å². The third-order valence-electron chi connectivity index (χ3n) is 4.07. The standard InChI is InChI=1S/C15H22BrNO4S/c1-10-4-6-11(7-5-10)17-22(18,19)15-9-14(21-3)13(20-2)8-12(15)16/h8-11,17H,4-7H2,1-3H3. The second-order valence-electron chi connectivity index (χ2n) is 5.72. The number of hydrogen-bond donors (Lipinski definition) is 1. The van der Waals surface area contributed by atoms with Gasteiger partial charge < -0.3 is 9.47 Å². The van der Waals surface area contributed by atoms with E-state index in [1.807, 2.05) is 0 Å². The van der Waals surface area contributed by atoms with Crippen LogP contribution < -0.4 is 14.2 Å². The molecule has 1 saturated carbocycles. The summed E-state index contributed by atoms with van der Waals surface area (Å²) >= 11 is 3.31. The number of hydrogen-bond acceptors (Lipinski definition) is 4. The summed E-state index contributed by atoms with van der Waals surface area (Å²) in [6, 6.07) is 3.09. The molecule has 0 unspecified atom stereocenters. The average molecular weight is 392 g/mol. The first-order chi connectivity index (χ1) is 10.4. The van der Waals surface area contributed by atoms with E-state index in [1.165, 1.54) is 20.3 Å². The van der Waals surface area contributed by atoms with Gasteiger partial charge in [0.2, 0.25) is 10.0 Å². The molecule has 7 heteroatoms. The van der Waals surface area contributed by atoms with Crippen LogP contribution in [0.15, 0.2) is 21.5 Å². The van der Waals surface area contributed by atoms with Crippen molar-refractivity contribution in [2.45, 2.75) is 43.5 Å². The quantitative estimate of drug-likeness (QED) is 0.835. The molecule has 1 aromatic rings. The molecule has 0 bridgehead atoms. The molecule has 1 N–H and O–H groups in total. The molecule has 1 aliphatic carbocycles. The lowest BCUT2D eigenvalue weighted by Gasteiger charge is -2.27. The van der Waals surface area contributed by atoms with Crippen LogP contribution >= 0.6 is 15.9 Å². The van der Waals surface area contributed by atoms with E-state index >= 15 is 0 Å². The Balaban J connectivity index is 2.25. The maximum atomic E-state index is 12.6. The summed E-state index contributed by atoms with van der Waals surface area (Å²) in [4.78, 5) is 0.170. The van der Waals surface area contributed by atoms with Gasteiger partial charge in [0.05, 0.1) is 14.2 Å². The predicted molar refractivity (Wildman–Crippen MR) is 89.0 cm³/mol. The Morgan fingerprint density at radius 2 is 1.64 bits per heavy atom. The molecule has 1 aliphatic rings. The van der Waals surface area contributed by atoms with E-state index < -0.39 is 10.0 Å². The largest absolute Gasteiger partial charge is 0.493 e. The van der Waals surface area contributed by atoms with E-state index in [0.717, 1.165) is 25.7 Å². The van der Waals surface area contributed by atoms with Crippen molar-refractivity contribution in [2.24, 2.45) is 5.92 Å². The van der Waals surface area contributed by atoms with E-state index in [-0.39, 0.29) is 10.9 Å². The summed E-state index contributed by atoms with van der Waals surface area (Å²) in [5.41, 5.74) is 0. The Labute approximate surface area is 140 Å². The molecule has 0 heterocycles. The van der Waals surface area contributed by atoms with Crippen molar-refractivity contribution in [3.63, 3.8) is 0 Å². The molecule has 1 aromatic carbocycles. The molecule has 2 rings (SSSR count). The Morgan fingerprint density at radius 3 is 2.18 bits per heavy atom. The maximum Gasteiger partial charge on any atom is 0.242 e. The van der Waals surface area contributed by atoms with Crippen molar-refractivity contribution in [2.75, 3.05) is 14.2 Å². The van der Waals surface area contributed by atoms with E-state index in [9.17, 15) is 8.42 Å². The molecule has 124 valence electrons. The Kier molecular flexibility index (Phi) is 5.74. The van der Waals surface area contributed by atoms with E-state index in [1.54, 1.807) is 6.07 Å². The molecule has 22 heavy (non-hydrogen) atoms. The smallest absolute Gasteiger partial charge is 0.242 e. The molecule has 0 amide bonds. The van der Waals surface area contributed by atoms with Crippen molar-refractivity contribution in [3.05, 3.63) is 16.6 Å². The maximum absolute atomic E-state index is 12.6. The Hall–Kier alpha value is -0.790. The van der Waals surface area contributed by atoms with Crippen LogP contribution in [0.5, 0.6) is 11.5 Å². The van der Waals surface area contributed by atoms with Gasteiger partial charge in [-0.1, -0.05) is 6.92 Å². The van der Waals surface area contributed by atoms with Gasteiger partial charge in [-0.05, 0) is 53.6 Å². The van der Waals surface area contributed by atoms with Crippen molar-refractivity contribution in [1.82, 2.24) is 4.72 Å². The number of benzene rings is 1. The number of rotatable bonds is 5. The van der Waals surface area contributed by atoms with E-state index in [4.69, 9.17) is 9.47 Å². The normalized spacial score (nSPS) is 22.4. The fourth-order valence-electron chi connectivity index (χ4n) is 2.70. The molecular formula is C15H22BrNO4S. The minimum absolute atomic E-state index is 0.00111. The van der Waals surface area contributed by atoms with Crippen LogP contribution in [0.1, 0.15) is 32.6 Å². The highest BCUT2D eigenvalue weighted by atomic mass is 79.9. The van der Waals surface area contributed by atoms with Gasteiger partial charge in [-0.15, -0.1) is 0 Å². The molecule has 5 nitrogen and oxygen atoms in total. The average Bonchev–Trinajstić information content (AvgIpc) is 2.48. The Morgan fingerprint density at radius 1 is 1.09 bits per heavy atom. The zero-order chi connectivity index (χ0) is 16.3. The number of ether oxygens (including phenoxy) is 2. The summed E-state index contributed by atoms with van der Waals surface area (Å²) in [5, 5.41) is 0. The van der Waals surface area contributed by atoms with Crippen LogP contribution in [-0.2, 0) is 10.0 Å². The van der Waals surface area contributed by atoms with Crippen LogP contribution in [0, 0.1) is 5.92 Å². The van der Waals surface area contributed by atoms with Gasteiger partial charge in [-0.3, -0.25) is 0 Å². The third-order valence-corrected chi connectivity index (χ3v) is 6.54. The van der Waals surface area contributed by atoms with Crippen LogP contribution in [0.2, 0.25) is 0 Å². The van der Waals surface area contributed by atoms with E-state index in [2.05, 4.69) is 27.6 Å². The summed E-state index contributed by atoms with van der Waals surface area (Å²) in [6.07, 6.45) is 3.87. The summed E-state index contributed by atoms with van der Waals surface area (Å²) in [7, 11) is -0.600. The third kappa shape index (κ3) is 3.94. The number of sulfonamides is 1. The highest BCUT2D eigenvalue weighted by Gasteiger charge is 2.26. The number of nitrogens with one attached hydrogen (secondary N) is 1. The molecule has 0 radical (unpaired) electrons. The highest BCUT2D eigenvalue weighted by Crippen LogP contribution is 2.36. The van der Waals surface area contributed by atoms with Crippen LogP contribution in [0.4, 0.5) is 0 Å². The first kappa shape index (κ1) is 17.6. The van der Waals surface area contributed by atoms with Crippen molar-refractivity contribution in [3.8, 4) is 11.5 Å². The van der Waals surface area contributed by atoms with Crippen LogP contribution in [0.3, 0.4) is 0 Å². The fraction of sp³-hybridized carbons (Fsp3) is 0.600.